The minimum absolute atomic E-state index is 0.336. The molecule has 0 heterocycles. The van der Waals surface area contributed by atoms with E-state index in [2.05, 4.69) is 5.32 Å². The van der Waals surface area contributed by atoms with E-state index < -0.39 is 11.7 Å². The summed E-state index contributed by atoms with van der Waals surface area (Å²) in [6.07, 6.45) is 6.23. The van der Waals surface area contributed by atoms with E-state index in [0.29, 0.717) is 12.0 Å². The van der Waals surface area contributed by atoms with Crippen LogP contribution in [0.1, 0.15) is 52.9 Å². The van der Waals surface area contributed by atoms with Crippen molar-refractivity contribution in [2.75, 3.05) is 6.54 Å². The first kappa shape index (κ1) is 13.4. The van der Waals surface area contributed by atoms with Crippen LogP contribution in [0.25, 0.3) is 0 Å². The van der Waals surface area contributed by atoms with Crippen LogP contribution in [0, 0.1) is 10.8 Å². The van der Waals surface area contributed by atoms with Gasteiger partial charge < -0.3 is 14.8 Å². The molecule has 0 aromatic rings. The number of alkyl carbamates (subject to hydrolysis) is 1. The highest BCUT2D eigenvalue weighted by atomic mass is 16.6. The Morgan fingerprint density at radius 1 is 1.33 bits per heavy atom. The third kappa shape index (κ3) is 2.68. The van der Waals surface area contributed by atoms with Crippen LogP contribution >= 0.6 is 0 Å². The maximum absolute atomic E-state index is 11.6. The van der Waals surface area contributed by atoms with Crippen LogP contribution in [0.2, 0.25) is 0 Å². The quantitative estimate of drug-likeness (QED) is 0.787. The molecule has 1 spiro atoms. The lowest BCUT2D eigenvalue weighted by Crippen LogP contribution is -2.56. The zero-order valence-electron chi connectivity index (χ0n) is 11.5. The molecule has 2 saturated carbocycles. The van der Waals surface area contributed by atoms with Crippen LogP contribution in [0.15, 0.2) is 0 Å². The number of hydrogen-bond acceptors (Lipinski definition) is 3. The van der Waals surface area contributed by atoms with Crippen LogP contribution in [-0.4, -0.2) is 24.5 Å². The summed E-state index contributed by atoms with van der Waals surface area (Å²) < 4.78 is 5.17. The highest BCUT2D eigenvalue weighted by Gasteiger charge is 2.57. The first-order valence-electron chi connectivity index (χ1n) is 6.72. The van der Waals surface area contributed by atoms with Crippen LogP contribution in [0.4, 0.5) is 4.79 Å². The Hall–Kier alpha value is -1.06. The first-order valence-corrected chi connectivity index (χ1v) is 6.72. The Balaban J connectivity index is 1.78. The molecule has 2 aliphatic rings. The molecule has 0 aromatic carbocycles. The summed E-state index contributed by atoms with van der Waals surface area (Å²) in [6.45, 7) is 5.89. The van der Waals surface area contributed by atoms with Gasteiger partial charge >= 0.3 is 6.09 Å². The van der Waals surface area contributed by atoms with Gasteiger partial charge in [0, 0.05) is 12.0 Å². The van der Waals surface area contributed by atoms with Crippen molar-refractivity contribution in [2.45, 2.75) is 58.5 Å². The summed E-state index contributed by atoms with van der Waals surface area (Å²) in [7, 11) is 0. The monoisotopic (exact) mass is 253 g/mol. The van der Waals surface area contributed by atoms with Gasteiger partial charge in [0.05, 0.1) is 0 Å². The average molecular weight is 253 g/mol. The molecule has 1 N–H and O–H groups in total. The van der Waals surface area contributed by atoms with Gasteiger partial charge in [0.1, 0.15) is 11.9 Å². The Bertz CT molecular complexity index is 345. The minimum atomic E-state index is -0.493. The molecule has 102 valence electrons. The van der Waals surface area contributed by atoms with Crippen LogP contribution in [0.5, 0.6) is 0 Å². The average Bonchev–Trinajstić information content (AvgIpc) is 2.11. The second kappa shape index (κ2) is 4.25. The van der Waals surface area contributed by atoms with E-state index in [9.17, 15) is 9.59 Å². The van der Waals surface area contributed by atoms with Crippen molar-refractivity contribution in [2.24, 2.45) is 10.8 Å². The SMILES string of the molecule is CC(C)(C)OC(=O)NCC1(C=O)CC2(CCC2)C1. The number of rotatable bonds is 3. The molecule has 0 atom stereocenters. The second-order valence-electron chi connectivity index (χ2n) is 7.04. The number of amides is 1. The smallest absolute Gasteiger partial charge is 0.407 e. The molecule has 2 rings (SSSR count). The zero-order chi connectivity index (χ0) is 13.4. The van der Waals surface area contributed by atoms with Gasteiger partial charge in [0.2, 0.25) is 0 Å². The molecule has 0 aliphatic heterocycles. The van der Waals surface area contributed by atoms with E-state index in [4.69, 9.17) is 4.74 Å². The van der Waals surface area contributed by atoms with Gasteiger partial charge in [-0.05, 0) is 51.9 Å². The molecule has 0 unspecified atom stereocenters. The normalized spacial score (nSPS) is 23.7. The predicted molar refractivity (Wildman–Crippen MR) is 68.3 cm³/mol. The summed E-state index contributed by atoms with van der Waals surface area (Å²) >= 11 is 0. The van der Waals surface area contributed by atoms with E-state index in [0.717, 1.165) is 19.1 Å². The third-order valence-electron chi connectivity index (χ3n) is 4.10. The number of carbonyl (C=O) groups excluding carboxylic acids is 2. The van der Waals surface area contributed by atoms with Crippen molar-refractivity contribution >= 4 is 12.4 Å². The van der Waals surface area contributed by atoms with Gasteiger partial charge in [-0.15, -0.1) is 0 Å². The van der Waals surface area contributed by atoms with Crippen LogP contribution < -0.4 is 5.32 Å². The predicted octanol–water partition coefficient (Wildman–Crippen LogP) is 2.66. The van der Waals surface area contributed by atoms with Crippen molar-refractivity contribution in [1.82, 2.24) is 5.32 Å². The molecule has 0 aromatic heterocycles. The highest BCUT2D eigenvalue weighted by Crippen LogP contribution is 2.63. The molecular formula is C14H23NO3. The largest absolute Gasteiger partial charge is 0.444 e. The number of aldehydes is 1. The summed E-state index contributed by atoms with van der Waals surface area (Å²) in [5.41, 5.74) is -0.402. The topological polar surface area (TPSA) is 55.4 Å². The fourth-order valence-corrected chi connectivity index (χ4v) is 3.28. The van der Waals surface area contributed by atoms with Crippen molar-refractivity contribution < 1.29 is 14.3 Å². The Morgan fingerprint density at radius 3 is 2.33 bits per heavy atom. The van der Waals surface area contributed by atoms with E-state index in [1.54, 1.807) is 0 Å². The van der Waals surface area contributed by atoms with Gasteiger partial charge in [-0.25, -0.2) is 4.79 Å². The maximum atomic E-state index is 11.6. The first-order chi connectivity index (χ1) is 8.28. The number of carbonyl (C=O) groups is 2. The molecule has 0 bridgehead atoms. The molecule has 2 fully saturated rings. The fourth-order valence-electron chi connectivity index (χ4n) is 3.28. The van der Waals surface area contributed by atoms with E-state index in [1.165, 1.54) is 19.3 Å². The van der Waals surface area contributed by atoms with E-state index >= 15 is 0 Å². The Kier molecular flexibility index (Phi) is 3.16. The molecule has 18 heavy (non-hydrogen) atoms. The van der Waals surface area contributed by atoms with Crippen molar-refractivity contribution in [3.63, 3.8) is 0 Å². The maximum Gasteiger partial charge on any atom is 0.407 e. The van der Waals surface area contributed by atoms with Crippen molar-refractivity contribution in [3.05, 3.63) is 0 Å². The second-order valence-corrected chi connectivity index (χ2v) is 7.04. The Morgan fingerprint density at radius 2 is 1.94 bits per heavy atom. The van der Waals surface area contributed by atoms with Crippen molar-refractivity contribution in [3.8, 4) is 0 Å². The van der Waals surface area contributed by atoms with Gasteiger partial charge in [-0.2, -0.15) is 0 Å². The minimum Gasteiger partial charge on any atom is -0.444 e. The summed E-state index contributed by atoms with van der Waals surface area (Å²) in [6, 6.07) is 0. The van der Waals surface area contributed by atoms with Gasteiger partial charge in [0.15, 0.2) is 0 Å². The number of nitrogens with one attached hydrogen (secondary N) is 1. The van der Waals surface area contributed by atoms with Gasteiger partial charge in [0.25, 0.3) is 0 Å². The molecule has 0 saturated heterocycles. The molecule has 4 nitrogen and oxygen atoms in total. The summed E-state index contributed by atoms with van der Waals surface area (Å²) in [4.78, 5) is 22.8. The van der Waals surface area contributed by atoms with E-state index in [-0.39, 0.29) is 5.41 Å². The lowest BCUT2D eigenvalue weighted by Gasteiger charge is -2.59. The van der Waals surface area contributed by atoms with Gasteiger partial charge in [-0.1, -0.05) is 6.42 Å². The van der Waals surface area contributed by atoms with Crippen molar-refractivity contribution in [1.29, 1.82) is 0 Å². The fraction of sp³-hybridized carbons (Fsp3) is 0.857. The molecule has 0 radical (unpaired) electrons. The number of ether oxygens (including phenoxy) is 1. The summed E-state index contributed by atoms with van der Waals surface area (Å²) in [5, 5.41) is 2.73. The molecule has 2 aliphatic carbocycles. The summed E-state index contributed by atoms with van der Waals surface area (Å²) in [5.74, 6) is 0. The molecule has 4 heteroatoms. The Labute approximate surface area is 108 Å². The highest BCUT2D eigenvalue weighted by molar-refractivity contribution is 5.70. The molecule has 1 amide bonds. The third-order valence-corrected chi connectivity index (χ3v) is 4.10. The van der Waals surface area contributed by atoms with Crippen LogP contribution in [-0.2, 0) is 9.53 Å². The van der Waals surface area contributed by atoms with E-state index in [1.807, 2.05) is 20.8 Å². The lowest BCUT2D eigenvalue weighted by molar-refractivity contribution is -0.139. The lowest BCUT2D eigenvalue weighted by atomic mass is 9.45. The zero-order valence-corrected chi connectivity index (χ0v) is 11.5. The van der Waals surface area contributed by atoms with Crippen LogP contribution in [0.3, 0.4) is 0 Å². The standard InChI is InChI=1S/C14H23NO3/c1-12(2,3)18-11(17)15-9-14(10-16)7-13(8-14)5-4-6-13/h10H,4-9H2,1-3H3,(H,15,17). The molecular weight excluding hydrogens is 230 g/mol. The number of hydrogen-bond donors (Lipinski definition) is 1. The van der Waals surface area contributed by atoms with Gasteiger partial charge in [-0.3, -0.25) is 0 Å².